The van der Waals surface area contributed by atoms with Crippen LogP contribution in [-0.4, -0.2) is 35.1 Å². The van der Waals surface area contributed by atoms with Crippen molar-refractivity contribution in [3.05, 3.63) is 100 Å². The van der Waals surface area contributed by atoms with Crippen LogP contribution in [0.5, 0.6) is 0 Å². The third-order valence-corrected chi connectivity index (χ3v) is 6.71. The quantitative estimate of drug-likeness (QED) is 0.562. The zero-order valence-corrected chi connectivity index (χ0v) is 18.8. The molecular formula is C26H24BrN3O. The van der Waals surface area contributed by atoms with Crippen molar-refractivity contribution in [1.29, 1.82) is 0 Å². The first kappa shape index (κ1) is 20.2. The standard InChI is InChI=1S/C26H24BrN3O/c27-21-11-12-23-22(17-21)24(20-9-5-2-6-10-20)29-26(25(31)28-23)13-15-30(16-14-26)18-19-7-3-1-4-8-19/h1-12,17H,13-16,18H2,(H,28,31). The molecule has 1 amide bonds. The summed E-state index contributed by atoms with van der Waals surface area (Å²) in [6, 6.07) is 26.6. The fourth-order valence-electron chi connectivity index (χ4n) is 4.46. The predicted molar refractivity (Wildman–Crippen MR) is 129 cm³/mol. The van der Waals surface area contributed by atoms with Crippen LogP contribution in [0.2, 0.25) is 0 Å². The number of carbonyl (C=O) groups excluding carboxylic acids is 1. The molecule has 0 radical (unpaired) electrons. The van der Waals surface area contributed by atoms with Gasteiger partial charge in [-0.3, -0.25) is 14.7 Å². The van der Waals surface area contributed by atoms with Crippen molar-refractivity contribution in [3.63, 3.8) is 0 Å². The van der Waals surface area contributed by atoms with E-state index in [1.165, 1.54) is 5.56 Å². The summed E-state index contributed by atoms with van der Waals surface area (Å²) in [5.41, 5.74) is 4.24. The molecule has 156 valence electrons. The highest BCUT2D eigenvalue weighted by Gasteiger charge is 2.43. The maximum Gasteiger partial charge on any atom is 0.252 e. The average molecular weight is 474 g/mol. The number of fused-ring (bicyclic) bond motifs is 1. The molecule has 1 fully saturated rings. The van der Waals surface area contributed by atoms with Gasteiger partial charge in [0, 0.05) is 35.2 Å². The van der Waals surface area contributed by atoms with E-state index in [4.69, 9.17) is 4.99 Å². The maximum absolute atomic E-state index is 13.4. The molecule has 3 aromatic rings. The Labute approximate surface area is 191 Å². The second-order valence-corrected chi connectivity index (χ2v) is 9.18. The third-order valence-electron chi connectivity index (χ3n) is 6.21. The highest BCUT2D eigenvalue weighted by molar-refractivity contribution is 9.10. The number of aliphatic imine (C=N–C) groups is 1. The van der Waals surface area contributed by atoms with Gasteiger partial charge in [0.1, 0.15) is 5.54 Å². The molecule has 4 nitrogen and oxygen atoms in total. The molecule has 0 aliphatic carbocycles. The van der Waals surface area contributed by atoms with Crippen LogP contribution in [-0.2, 0) is 11.3 Å². The molecule has 2 aliphatic rings. The molecule has 2 aliphatic heterocycles. The summed E-state index contributed by atoms with van der Waals surface area (Å²) < 4.78 is 0.970. The van der Waals surface area contributed by atoms with E-state index in [1.807, 2.05) is 42.5 Å². The Kier molecular flexibility index (Phi) is 5.47. The number of nitrogens with one attached hydrogen (secondary N) is 1. The lowest BCUT2D eigenvalue weighted by Crippen LogP contribution is -2.50. The molecule has 31 heavy (non-hydrogen) atoms. The fourth-order valence-corrected chi connectivity index (χ4v) is 4.82. The molecule has 0 unspecified atom stereocenters. The minimum absolute atomic E-state index is 0.00126. The number of nitrogens with zero attached hydrogens (tertiary/aromatic N) is 2. The highest BCUT2D eigenvalue weighted by Crippen LogP contribution is 2.35. The van der Waals surface area contributed by atoms with Crippen molar-refractivity contribution in [2.24, 2.45) is 4.99 Å². The molecule has 1 spiro atoms. The molecular weight excluding hydrogens is 450 g/mol. The second kappa shape index (κ2) is 8.40. The maximum atomic E-state index is 13.4. The van der Waals surface area contributed by atoms with Crippen LogP contribution < -0.4 is 5.32 Å². The third kappa shape index (κ3) is 4.08. The van der Waals surface area contributed by atoms with Gasteiger partial charge in [-0.1, -0.05) is 76.6 Å². The number of halogens is 1. The van der Waals surface area contributed by atoms with Crippen molar-refractivity contribution < 1.29 is 4.79 Å². The van der Waals surface area contributed by atoms with Crippen LogP contribution >= 0.6 is 15.9 Å². The molecule has 0 bridgehead atoms. The Morgan fingerprint density at radius 3 is 2.32 bits per heavy atom. The minimum atomic E-state index is -0.746. The van der Waals surface area contributed by atoms with Crippen LogP contribution in [0, 0.1) is 0 Å². The van der Waals surface area contributed by atoms with Gasteiger partial charge in [0.2, 0.25) is 0 Å². The van der Waals surface area contributed by atoms with E-state index in [0.29, 0.717) is 12.8 Å². The lowest BCUT2D eigenvalue weighted by molar-refractivity contribution is -0.122. The summed E-state index contributed by atoms with van der Waals surface area (Å²) in [5.74, 6) is 0.00126. The van der Waals surface area contributed by atoms with Crippen LogP contribution in [0.15, 0.2) is 88.3 Å². The summed E-state index contributed by atoms with van der Waals surface area (Å²) in [6.45, 7) is 2.59. The van der Waals surface area contributed by atoms with Crippen LogP contribution in [0.4, 0.5) is 5.69 Å². The van der Waals surface area contributed by atoms with E-state index in [9.17, 15) is 4.79 Å². The van der Waals surface area contributed by atoms with Crippen LogP contribution in [0.1, 0.15) is 29.5 Å². The van der Waals surface area contributed by atoms with E-state index in [-0.39, 0.29) is 5.91 Å². The first-order valence-electron chi connectivity index (χ1n) is 10.7. The summed E-state index contributed by atoms with van der Waals surface area (Å²) in [6.07, 6.45) is 1.41. The van der Waals surface area contributed by atoms with Crippen LogP contribution in [0.3, 0.4) is 0 Å². The number of amides is 1. The Hall–Kier alpha value is -2.76. The number of likely N-dealkylation sites (tertiary alicyclic amines) is 1. The summed E-state index contributed by atoms with van der Waals surface area (Å²) in [5, 5.41) is 3.18. The molecule has 5 rings (SSSR count). The Morgan fingerprint density at radius 1 is 0.935 bits per heavy atom. The van der Waals surface area contributed by atoms with Gasteiger partial charge < -0.3 is 5.32 Å². The zero-order chi connectivity index (χ0) is 21.3. The largest absolute Gasteiger partial charge is 0.323 e. The number of hydrogen-bond donors (Lipinski definition) is 1. The fraction of sp³-hybridized carbons (Fsp3) is 0.231. The smallest absolute Gasteiger partial charge is 0.252 e. The van der Waals surface area contributed by atoms with E-state index in [1.54, 1.807) is 0 Å². The molecule has 1 N–H and O–H groups in total. The monoisotopic (exact) mass is 473 g/mol. The summed E-state index contributed by atoms with van der Waals surface area (Å²) >= 11 is 3.58. The SMILES string of the molecule is O=C1Nc2ccc(Br)cc2C(c2ccccc2)=NC12CCN(Cc1ccccc1)CC2. The zero-order valence-electron chi connectivity index (χ0n) is 17.2. The summed E-state index contributed by atoms with van der Waals surface area (Å²) in [4.78, 5) is 21.0. The van der Waals surface area contributed by atoms with Gasteiger partial charge in [0.15, 0.2) is 0 Å². The van der Waals surface area contributed by atoms with E-state index in [0.717, 1.165) is 46.6 Å². The van der Waals surface area contributed by atoms with Gasteiger partial charge in [-0.25, -0.2) is 0 Å². The average Bonchev–Trinajstić information content (AvgIpc) is 2.92. The molecule has 3 aromatic carbocycles. The molecule has 0 atom stereocenters. The van der Waals surface area contributed by atoms with Gasteiger partial charge >= 0.3 is 0 Å². The Balaban J connectivity index is 1.49. The topological polar surface area (TPSA) is 44.7 Å². The van der Waals surface area contributed by atoms with Crippen molar-refractivity contribution >= 4 is 33.2 Å². The molecule has 2 heterocycles. The van der Waals surface area contributed by atoms with Gasteiger partial charge in [0.05, 0.1) is 11.4 Å². The van der Waals surface area contributed by atoms with Crippen molar-refractivity contribution in [1.82, 2.24) is 4.90 Å². The van der Waals surface area contributed by atoms with Crippen molar-refractivity contribution in [2.75, 3.05) is 18.4 Å². The van der Waals surface area contributed by atoms with Gasteiger partial charge in [-0.15, -0.1) is 0 Å². The van der Waals surface area contributed by atoms with E-state index in [2.05, 4.69) is 62.5 Å². The number of piperidine rings is 1. The first-order valence-corrected chi connectivity index (χ1v) is 11.5. The lowest BCUT2D eigenvalue weighted by atomic mass is 9.86. The lowest BCUT2D eigenvalue weighted by Gasteiger charge is -2.37. The normalized spacial score (nSPS) is 18.1. The molecule has 0 saturated carbocycles. The molecule has 5 heteroatoms. The summed E-state index contributed by atoms with van der Waals surface area (Å²) in [7, 11) is 0. The Morgan fingerprint density at radius 2 is 1.61 bits per heavy atom. The Bertz CT molecular complexity index is 1120. The second-order valence-electron chi connectivity index (χ2n) is 8.26. The highest BCUT2D eigenvalue weighted by atomic mass is 79.9. The van der Waals surface area contributed by atoms with E-state index < -0.39 is 5.54 Å². The van der Waals surface area contributed by atoms with Crippen LogP contribution in [0.25, 0.3) is 0 Å². The van der Waals surface area contributed by atoms with Crippen molar-refractivity contribution in [2.45, 2.75) is 24.9 Å². The molecule has 0 aromatic heterocycles. The van der Waals surface area contributed by atoms with E-state index >= 15 is 0 Å². The van der Waals surface area contributed by atoms with Gasteiger partial charge in [-0.2, -0.15) is 0 Å². The molecule has 1 saturated heterocycles. The number of rotatable bonds is 3. The number of hydrogen-bond acceptors (Lipinski definition) is 3. The first-order chi connectivity index (χ1) is 15.1. The number of benzene rings is 3. The predicted octanol–water partition coefficient (Wildman–Crippen LogP) is 5.27. The number of anilines is 1. The van der Waals surface area contributed by atoms with Gasteiger partial charge in [0.25, 0.3) is 5.91 Å². The number of carbonyl (C=O) groups is 1. The minimum Gasteiger partial charge on any atom is -0.323 e. The van der Waals surface area contributed by atoms with Crippen molar-refractivity contribution in [3.8, 4) is 0 Å². The van der Waals surface area contributed by atoms with Gasteiger partial charge in [-0.05, 0) is 36.6 Å².